The van der Waals surface area contributed by atoms with E-state index < -0.39 is 0 Å². The van der Waals surface area contributed by atoms with Crippen molar-refractivity contribution in [2.24, 2.45) is 0 Å². The molecule has 0 aliphatic carbocycles. The third-order valence-corrected chi connectivity index (χ3v) is 5.53. The molecule has 25 heavy (non-hydrogen) atoms. The zero-order chi connectivity index (χ0) is 17.6. The Morgan fingerprint density at radius 2 is 2.16 bits per heavy atom. The number of aromatic nitrogens is 1. The number of benzene rings is 1. The maximum absolute atomic E-state index is 10.3. The number of aliphatic hydroxyl groups excluding tert-OH is 1. The van der Waals surface area contributed by atoms with Gasteiger partial charge in [0, 0.05) is 28.6 Å². The largest absolute Gasteiger partial charge is 0.459 e. The standard InChI is InChI=1S/C21H25N3O/c1-4-21(2,3)19-16(15-8-5-6-9-17(15)23-19)12-14-13-24-11-7-10-18(24)20(25)22-14/h4-6,8-9,23,25H,1,7,10-13H2,2-3H3/p+1. The minimum absolute atomic E-state index is 0.139. The topological polar surface area (TPSA) is 53.2 Å². The maximum atomic E-state index is 10.3. The van der Waals surface area contributed by atoms with Crippen LogP contribution in [0.15, 0.2) is 48.5 Å². The van der Waals surface area contributed by atoms with Crippen LogP contribution < -0.4 is 4.99 Å². The normalized spacial score (nSPS) is 17.8. The Morgan fingerprint density at radius 3 is 2.96 bits per heavy atom. The molecule has 1 aromatic carbocycles. The molecule has 0 radical (unpaired) electrons. The van der Waals surface area contributed by atoms with E-state index in [2.05, 4.69) is 59.6 Å². The molecule has 1 fully saturated rings. The summed E-state index contributed by atoms with van der Waals surface area (Å²) >= 11 is 0. The van der Waals surface area contributed by atoms with E-state index in [1.807, 2.05) is 6.08 Å². The summed E-state index contributed by atoms with van der Waals surface area (Å²) in [7, 11) is 0. The third-order valence-electron chi connectivity index (χ3n) is 5.53. The van der Waals surface area contributed by atoms with Crippen molar-refractivity contribution in [3.63, 3.8) is 0 Å². The summed E-state index contributed by atoms with van der Waals surface area (Å²) in [6.45, 7) is 10.3. The van der Waals surface area contributed by atoms with Gasteiger partial charge in [0.15, 0.2) is 5.71 Å². The van der Waals surface area contributed by atoms with Gasteiger partial charge >= 0.3 is 5.88 Å². The van der Waals surface area contributed by atoms with Gasteiger partial charge < -0.3 is 15.0 Å². The van der Waals surface area contributed by atoms with E-state index in [4.69, 9.17) is 0 Å². The molecule has 4 heteroatoms. The van der Waals surface area contributed by atoms with Gasteiger partial charge in [-0.1, -0.05) is 38.1 Å². The lowest BCUT2D eigenvalue weighted by atomic mass is 9.85. The number of hydrogen-bond donors (Lipinski definition) is 3. The maximum Gasteiger partial charge on any atom is 0.383 e. The van der Waals surface area contributed by atoms with Gasteiger partial charge in [0.2, 0.25) is 0 Å². The van der Waals surface area contributed by atoms with Crippen molar-refractivity contribution in [3.8, 4) is 0 Å². The van der Waals surface area contributed by atoms with E-state index in [0.717, 1.165) is 49.3 Å². The van der Waals surface area contributed by atoms with Crippen molar-refractivity contribution in [1.82, 2.24) is 9.88 Å². The van der Waals surface area contributed by atoms with Crippen LogP contribution >= 0.6 is 0 Å². The Morgan fingerprint density at radius 1 is 1.36 bits per heavy atom. The number of para-hydroxylation sites is 1. The van der Waals surface area contributed by atoms with Crippen LogP contribution in [0.2, 0.25) is 0 Å². The number of H-pyrrole nitrogens is 1. The number of allylic oxidation sites excluding steroid dienone is 2. The molecule has 130 valence electrons. The predicted molar refractivity (Wildman–Crippen MR) is 102 cm³/mol. The van der Waals surface area contributed by atoms with Gasteiger partial charge in [0.25, 0.3) is 0 Å². The van der Waals surface area contributed by atoms with Gasteiger partial charge in [-0.25, -0.2) is 0 Å². The first kappa shape index (κ1) is 16.0. The van der Waals surface area contributed by atoms with Gasteiger partial charge in [0.1, 0.15) is 5.70 Å². The molecule has 2 aliphatic rings. The van der Waals surface area contributed by atoms with Crippen molar-refractivity contribution in [2.45, 2.75) is 38.5 Å². The number of aliphatic hydroxyl groups is 1. The summed E-state index contributed by atoms with van der Waals surface area (Å²) < 4.78 is 0. The van der Waals surface area contributed by atoms with Gasteiger partial charge in [0.05, 0.1) is 13.0 Å². The van der Waals surface area contributed by atoms with Gasteiger partial charge in [-0.3, -0.25) is 0 Å². The Balaban J connectivity index is 1.78. The highest BCUT2D eigenvalue weighted by Crippen LogP contribution is 2.33. The summed E-state index contributed by atoms with van der Waals surface area (Å²) in [6.07, 6.45) is 4.88. The number of nitrogens with one attached hydrogen (secondary N) is 2. The third kappa shape index (κ3) is 2.66. The van der Waals surface area contributed by atoms with Crippen LogP contribution in [0, 0.1) is 0 Å². The molecule has 0 bridgehead atoms. The zero-order valence-corrected chi connectivity index (χ0v) is 15.0. The van der Waals surface area contributed by atoms with Crippen LogP contribution in [0.1, 0.15) is 37.9 Å². The molecule has 0 amide bonds. The minimum Gasteiger partial charge on any atom is -0.459 e. The summed E-state index contributed by atoms with van der Waals surface area (Å²) in [5.41, 5.74) is 5.72. The Bertz CT molecular complexity index is 901. The van der Waals surface area contributed by atoms with Crippen LogP contribution in [0.5, 0.6) is 0 Å². The van der Waals surface area contributed by atoms with Gasteiger partial charge in [-0.2, -0.15) is 4.99 Å². The molecular weight excluding hydrogens is 310 g/mol. The lowest BCUT2D eigenvalue weighted by Crippen LogP contribution is -2.76. The van der Waals surface area contributed by atoms with Crippen LogP contribution in [0.4, 0.5) is 0 Å². The first-order valence-corrected chi connectivity index (χ1v) is 9.02. The second-order valence-corrected chi connectivity index (χ2v) is 7.68. The van der Waals surface area contributed by atoms with E-state index >= 15 is 0 Å². The predicted octanol–water partition coefficient (Wildman–Crippen LogP) is 2.53. The fraction of sp³-hybridized carbons (Fsp3) is 0.381. The lowest BCUT2D eigenvalue weighted by molar-refractivity contribution is -0.443. The summed E-state index contributed by atoms with van der Waals surface area (Å²) in [5.74, 6) is 0.336. The fourth-order valence-electron chi connectivity index (χ4n) is 4.03. The minimum atomic E-state index is -0.139. The molecule has 2 aliphatic heterocycles. The highest BCUT2D eigenvalue weighted by atomic mass is 16.3. The summed E-state index contributed by atoms with van der Waals surface area (Å²) in [6, 6.07) is 8.43. The molecular formula is C21H26N3O+. The molecule has 3 N–H and O–H groups in total. The number of hydrogen-bond acceptors (Lipinski definition) is 2. The van der Waals surface area contributed by atoms with Crippen LogP contribution in [-0.2, 0) is 11.8 Å². The average molecular weight is 336 g/mol. The van der Waals surface area contributed by atoms with Gasteiger partial charge in [-0.15, -0.1) is 6.58 Å². The van der Waals surface area contributed by atoms with E-state index in [1.54, 1.807) is 0 Å². The SMILES string of the molecule is C=CC(C)(C)c1[nH]c2ccccc2c1CC1=[NH+]C(O)=C2CCCN2C1. The monoisotopic (exact) mass is 336 g/mol. The molecule has 4 rings (SSSR count). The van der Waals surface area contributed by atoms with Crippen molar-refractivity contribution < 1.29 is 10.1 Å². The molecule has 0 unspecified atom stereocenters. The number of fused-ring (bicyclic) bond motifs is 2. The number of nitrogens with zero attached hydrogens (tertiary/aromatic N) is 1. The van der Waals surface area contributed by atoms with E-state index in [9.17, 15) is 5.11 Å². The number of rotatable bonds is 4. The second-order valence-electron chi connectivity index (χ2n) is 7.68. The Labute approximate surface area is 148 Å². The number of aromatic amines is 1. The van der Waals surface area contributed by atoms with E-state index in [1.165, 1.54) is 16.6 Å². The molecule has 0 saturated carbocycles. The molecule has 1 aromatic heterocycles. The Kier molecular flexibility index (Phi) is 3.71. The van der Waals surface area contributed by atoms with Crippen LogP contribution in [0.25, 0.3) is 10.9 Å². The van der Waals surface area contributed by atoms with Crippen molar-refractivity contribution in [3.05, 3.63) is 59.8 Å². The van der Waals surface area contributed by atoms with Crippen LogP contribution in [-0.4, -0.2) is 33.8 Å². The van der Waals surface area contributed by atoms with Gasteiger partial charge in [-0.05, 0) is 24.5 Å². The highest BCUT2D eigenvalue weighted by Gasteiger charge is 2.33. The first-order valence-electron chi connectivity index (χ1n) is 9.02. The van der Waals surface area contributed by atoms with Crippen molar-refractivity contribution in [2.75, 3.05) is 13.1 Å². The lowest BCUT2D eigenvalue weighted by Gasteiger charge is -2.23. The highest BCUT2D eigenvalue weighted by molar-refractivity contribution is 5.92. The molecule has 2 aromatic rings. The zero-order valence-electron chi connectivity index (χ0n) is 15.0. The van der Waals surface area contributed by atoms with E-state index in [0.29, 0.717) is 5.88 Å². The average Bonchev–Trinajstić information content (AvgIpc) is 3.21. The first-order chi connectivity index (χ1) is 12.0. The molecule has 3 heterocycles. The van der Waals surface area contributed by atoms with E-state index in [-0.39, 0.29) is 5.41 Å². The van der Waals surface area contributed by atoms with Crippen molar-refractivity contribution in [1.29, 1.82) is 0 Å². The second kappa shape index (κ2) is 5.80. The smallest absolute Gasteiger partial charge is 0.383 e. The molecule has 4 nitrogen and oxygen atoms in total. The molecule has 0 atom stereocenters. The fourth-order valence-corrected chi connectivity index (χ4v) is 4.03. The molecule has 1 saturated heterocycles. The van der Waals surface area contributed by atoms with Crippen molar-refractivity contribution >= 4 is 16.6 Å². The quantitative estimate of drug-likeness (QED) is 0.752. The molecule has 0 spiro atoms. The summed E-state index contributed by atoms with van der Waals surface area (Å²) in [4.78, 5) is 9.16. The Hall–Kier alpha value is -2.49. The van der Waals surface area contributed by atoms with Crippen LogP contribution in [0.3, 0.4) is 0 Å². The summed E-state index contributed by atoms with van der Waals surface area (Å²) in [5, 5.41) is 11.6.